The van der Waals surface area contributed by atoms with Crippen LogP contribution in [0.2, 0.25) is 0 Å². The van der Waals surface area contributed by atoms with Crippen LogP contribution >= 0.6 is 0 Å². The van der Waals surface area contributed by atoms with Crippen molar-refractivity contribution >= 4 is 5.78 Å². The maximum atomic E-state index is 12.4. The molecular formula is C20H34O. The molecule has 1 heteroatoms. The fraction of sp³-hybridized carbons (Fsp3) is 0.850. The van der Waals surface area contributed by atoms with Crippen LogP contribution < -0.4 is 0 Å². The first kappa shape index (κ1) is 16.8. The van der Waals surface area contributed by atoms with Gasteiger partial charge in [0.1, 0.15) is 0 Å². The Morgan fingerprint density at radius 3 is 1.71 bits per heavy atom. The lowest BCUT2D eigenvalue weighted by Crippen LogP contribution is -2.29. The molecule has 2 fully saturated rings. The Labute approximate surface area is 131 Å². The Bertz CT molecular complexity index is 418. The van der Waals surface area contributed by atoms with Crippen LogP contribution in [0.4, 0.5) is 0 Å². The summed E-state index contributed by atoms with van der Waals surface area (Å²) in [7, 11) is 0. The normalized spacial score (nSPS) is 29.0. The highest BCUT2D eigenvalue weighted by Gasteiger charge is 2.34. The molecule has 0 aromatic rings. The SMILES string of the molecule is CC(C)(C)C1CCC(=C2C[C@H](C(C)(C)C)CCC2=O)CC1. The molecule has 1 nitrogen and oxygen atoms in total. The Morgan fingerprint density at radius 1 is 0.762 bits per heavy atom. The zero-order chi connectivity index (χ0) is 15.8. The molecule has 0 spiro atoms. The van der Waals surface area contributed by atoms with Crippen LogP contribution in [-0.2, 0) is 4.79 Å². The fourth-order valence-electron chi connectivity index (χ4n) is 4.13. The Hall–Kier alpha value is -0.590. The summed E-state index contributed by atoms with van der Waals surface area (Å²) in [5.41, 5.74) is 3.48. The summed E-state index contributed by atoms with van der Waals surface area (Å²) in [6.45, 7) is 14.1. The van der Waals surface area contributed by atoms with Crippen molar-refractivity contribution in [2.45, 2.75) is 86.5 Å². The first-order valence-electron chi connectivity index (χ1n) is 8.83. The number of carbonyl (C=O) groups is 1. The van der Waals surface area contributed by atoms with Crippen molar-refractivity contribution in [1.82, 2.24) is 0 Å². The van der Waals surface area contributed by atoms with Crippen molar-refractivity contribution in [3.05, 3.63) is 11.1 Å². The number of allylic oxidation sites excluding steroid dienone is 2. The average molecular weight is 290 g/mol. The molecule has 120 valence electrons. The highest BCUT2D eigenvalue weighted by molar-refractivity contribution is 5.96. The van der Waals surface area contributed by atoms with Crippen LogP contribution in [0.5, 0.6) is 0 Å². The third kappa shape index (κ3) is 3.99. The lowest BCUT2D eigenvalue weighted by molar-refractivity contribution is -0.117. The maximum absolute atomic E-state index is 12.4. The van der Waals surface area contributed by atoms with Crippen LogP contribution in [0.25, 0.3) is 0 Å². The monoisotopic (exact) mass is 290 g/mol. The van der Waals surface area contributed by atoms with Crippen molar-refractivity contribution in [3.63, 3.8) is 0 Å². The molecule has 21 heavy (non-hydrogen) atoms. The molecule has 2 saturated carbocycles. The molecule has 2 aliphatic carbocycles. The molecule has 2 aliphatic rings. The van der Waals surface area contributed by atoms with E-state index >= 15 is 0 Å². The summed E-state index contributed by atoms with van der Waals surface area (Å²) in [6.07, 6.45) is 7.79. The number of hydrogen-bond acceptors (Lipinski definition) is 1. The van der Waals surface area contributed by atoms with Gasteiger partial charge in [0.15, 0.2) is 5.78 Å². The summed E-state index contributed by atoms with van der Waals surface area (Å²) in [4.78, 5) is 12.4. The van der Waals surface area contributed by atoms with Crippen LogP contribution in [0, 0.1) is 22.7 Å². The second-order valence-electron chi connectivity index (χ2n) is 9.45. The van der Waals surface area contributed by atoms with E-state index in [0.29, 0.717) is 22.5 Å². The van der Waals surface area contributed by atoms with Crippen molar-refractivity contribution in [2.75, 3.05) is 0 Å². The van der Waals surface area contributed by atoms with Crippen molar-refractivity contribution in [2.24, 2.45) is 22.7 Å². The molecule has 0 unspecified atom stereocenters. The highest BCUT2D eigenvalue weighted by Crippen LogP contribution is 2.44. The Kier molecular flexibility index (Phi) is 4.71. The molecular weight excluding hydrogens is 256 g/mol. The van der Waals surface area contributed by atoms with Crippen LogP contribution in [0.1, 0.15) is 86.5 Å². The second kappa shape index (κ2) is 5.89. The van der Waals surface area contributed by atoms with Gasteiger partial charge in [0.25, 0.3) is 0 Å². The quantitative estimate of drug-likeness (QED) is 0.505. The molecule has 1 atom stereocenters. The van der Waals surface area contributed by atoms with Crippen LogP contribution in [-0.4, -0.2) is 5.78 Å². The minimum Gasteiger partial charge on any atom is -0.295 e. The third-order valence-electron chi connectivity index (χ3n) is 5.97. The van der Waals surface area contributed by atoms with Crippen molar-refractivity contribution in [3.8, 4) is 0 Å². The smallest absolute Gasteiger partial charge is 0.158 e. The van der Waals surface area contributed by atoms with E-state index in [1.807, 2.05) is 0 Å². The maximum Gasteiger partial charge on any atom is 0.158 e. The molecule has 0 radical (unpaired) electrons. The van der Waals surface area contributed by atoms with E-state index in [2.05, 4.69) is 41.5 Å². The first-order valence-corrected chi connectivity index (χ1v) is 8.83. The van der Waals surface area contributed by atoms with Gasteiger partial charge >= 0.3 is 0 Å². The van der Waals surface area contributed by atoms with Gasteiger partial charge in [-0.2, -0.15) is 0 Å². The topological polar surface area (TPSA) is 17.1 Å². The lowest BCUT2D eigenvalue weighted by atomic mass is 9.67. The van der Waals surface area contributed by atoms with Gasteiger partial charge in [-0.3, -0.25) is 4.79 Å². The van der Waals surface area contributed by atoms with Gasteiger partial charge in [-0.15, -0.1) is 0 Å². The van der Waals surface area contributed by atoms with Gasteiger partial charge < -0.3 is 0 Å². The van der Waals surface area contributed by atoms with E-state index in [4.69, 9.17) is 0 Å². The number of ketones is 1. The molecule has 0 heterocycles. The van der Waals surface area contributed by atoms with Crippen LogP contribution in [0.3, 0.4) is 0 Å². The summed E-state index contributed by atoms with van der Waals surface area (Å²) < 4.78 is 0. The number of Topliss-reactive ketones (excluding diaryl/α,β-unsaturated/α-hetero) is 1. The van der Waals surface area contributed by atoms with Crippen molar-refractivity contribution < 1.29 is 4.79 Å². The number of rotatable bonds is 0. The van der Waals surface area contributed by atoms with Gasteiger partial charge in [-0.1, -0.05) is 47.1 Å². The predicted molar refractivity (Wildman–Crippen MR) is 90.2 cm³/mol. The highest BCUT2D eigenvalue weighted by atomic mass is 16.1. The average Bonchev–Trinajstić information content (AvgIpc) is 2.37. The third-order valence-corrected chi connectivity index (χ3v) is 5.97. The molecule has 0 saturated heterocycles. The Morgan fingerprint density at radius 2 is 1.24 bits per heavy atom. The van der Waals surface area contributed by atoms with Gasteiger partial charge in [0.05, 0.1) is 0 Å². The number of hydrogen-bond donors (Lipinski definition) is 0. The summed E-state index contributed by atoms with van der Waals surface area (Å²) in [5, 5.41) is 0. The standard InChI is InChI=1S/C20H34O/c1-19(2,3)15-9-7-14(8-10-15)17-13-16(20(4,5)6)11-12-18(17)21/h15-16H,7-13H2,1-6H3/t15?,16-/m1/s1. The van der Waals surface area contributed by atoms with E-state index in [1.165, 1.54) is 36.8 Å². The molecule has 0 aromatic carbocycles. The minimum absolute atomic E-state index is 0.328. The van der Waals surface area contributed by atoms with E-state index in [0.717, 1.165) is 25.2 Å². The zero-order valence-electron chi connectivity index (χ0n) is 15.0. The predicted octanol–water partition coefficient (Wildman–Crippen LogP) is 5.93. The molecule has 0 N–H and O–H groups in total. The van der Waals surface area contributed by atoms with Gasteiger partial charge in [0, 0.05) is 6.42 Å². The molecule has 0 amide bonds. The van der Waals surface area contributed by atoms with E-state index in [-0.39, 0.29) is 0 Å². The summed E-state index contributed by atoms with van der Waals surface area (Å²) >= 11 is 0. The largest absolute Gasteiger partial charge is 0.295 e. The second-order valence-corrected chi connectivity index (χ2v) is 9.45. The van der Waals surface area contributed by atoms with E-state index < -0.39 is 0 Å². The fourth-order valence-corrected chi connectivity index (χ4v) is 4.13. The van der Waals surface area contributed by atoms with Gasteiger partial charge in [-0.05, 0) is 66.8 Å². The van der Waals surface area contributed by atoms with E-state index in [1.54, 1.807) is 0 Å². The lowest BCUT2D eigenvalue weighted by Gasteiger charge is -2.38. The molecule has 0 bridgehead atoms. The van der Waals surface area contributed by atoms with E-state index in [9.17, 15) is 4.79 Å². The zero-order valence-corrected chi connectivity index (χ0v) is 15.0. The summed E-state index contributed by atoms with van der Waals surface area (Å²) in [5.74, 6) is 1.96. The van der Waals surface area contributed by atoms with Crippen molar-refractivity contribution in [1.29, 1.82) is 0 Å². The minimum atomic E-state index is 0.328. The Balaban J connectivity index is 2.10. The summed E-state index contributed by atoms with van der Waals surface area (Å²) in [6, 6.07) is 0. The first-order chi connectivity index (χ1) is 9.59. The molecule has 0 aliphatic heterocycles. The molecule has 0 aromatic heterocycles. The van der Waals surface area contributed by atoms with Gasteiger partial charge in [0.2, 0.25) is 0 Å². The number of carbonyl (C=O) groups excluding carboxylic acids is 1. The van der Waals surface area contributed by atoms with Crippen LogP contribution in [0.15, 0.2) is 11.1 Å². The molecule has 2 rings (SSSR count). The van der Waals surface area contributed by atoms with Gasteiger partial charge in [-0.25, -0.2) is 0 Å².